The van der Waals surface area contributed by atoms with Gasteiger partial charge in [-0.2, -0.15) is 0 Å². The number of fused-ring (bicyclic) bond motifs is 5. The van der Waals surface area contributed by atoms with Gasteiger partial charge >= 0.3 is 0 Å². The molecule has 0 saturated carbocycles. The number of aromatic nitrogens is 2. The largest absolute Gasteiger partial charge is 0.309 e. The van der Waals surface area contributed by atoms with Crippen molar-refractivity contribution in [2.24, 2.45) is 0 Å². The summed E-state index contributed by atoms with van der Waals surface area (Å²) in [6.45, 7) is 0. The molecule has 0 atom stereocenters. The maximum absolute atomic E-state index is 5.32. The summed E-state index contributed by atoms with van der Waals surface area (Å²) in [4.78, 5) is 6.61. The molecule has 0 saturated heterocycles. The number of nitrogens with zero attached hydrogens (tertiary/aromatic N) is 2. The third-order valence-corrected chi connectivity index (χ3v) is 12.5. The molecule has 0 aliphatic carbocycles. The normalized spacial score (nSPS) is 11.4. The fraction of sp³-hybridized carbons (Fsp3) is 0. The minimum Gasteiger partial charge on any atom is -0.309 e. The van der Waals surface area contributed by atoms with E-state index in [1.165, 1.54) is 64.6 Å². The lowest BCUT2D eigenvalue weighted by Gasteiger charge is -2.13. The van der Waals surface area contributed by atoms with Gasteiger partial charge in [0.1, 0.15) is 0 Å². The van der Waals surface area contributed by atoms with E-state index in [9.17, 15) is 0 Å². The zero-order valence-electron chi connectivity index (χ0n) is 31.6. The number of hydrogen-bond donors (Lipinski definition) is 0. The molecule has 58 heavy (non-hydrogen) atoms. The van der Waals surface area contributed by atoms with E-state index in [1.807, 2.05) is 11.3 Å². The zero-order chi connectivity index (χ0) is 38.4. The molecule has 272 valence electrons. The van der Waals surface area contributed by atoms with Crippen LogP contribution >= 0.6 is 11.3 Å². The summed E-state index contributed by atoms with van der Waals surface area (Å²) in [5.74, 6) is 0. The highest BCUT2D eigenvalue weighted by Crippen LogP contribution is 2.49. The SMILES string of the molecule is c1ccc(-c2ccc(-c3cc(-c4ccccc4)nc(-c4cccc(-n5c6ccccc6c6c7sc(-c8ccccc8)c(-c8ccccc8)c7ccc65)c4)c3)cc2)cc1. The molecule has 0 aliphatic rings. The molecular formula is C55H36N2S. The van der Waals surface area contributed by atoms with Crippen LogP contribution in [0.4, 0.5) is 0 Å². The van der Waals surface area contributed by atoms with Crippen molar-refractivity contribution in [3.8, 4) is 72.0 Å². The van der Waals surface area contributed by atoms with Crippen LogP contribution in [0.2, 0.25) is 0 Å². The minimum absolute atomic E-state index is 0.937. The summed E-state index contributed by atoms with van der Waals surface area (Å²) in [7, 11) is 0. The number of rotatable bonds is 7. The highest BCUT2D eigenvalue weighted by molar-refractivity contribution is 7.24. The van der Waals surface area contributed by atoms with E-state index in [2.05, 4.69) is 223 Å². The number of benzene rings is 8. The zero-order valence-corrected chi connectivity index (χ0v) is 32.4. The molecule has 3 heterocycles. The lowest BCUT2D eigenvalue weighted by Crippen LogP contribution is -1.96. The lowest BCUT2D eigenvalue weighted by atomic mass is 9.97. The van der Waals surface area contributed by atoms with Gasteiger partial charge in [-0.1, -0.05) is 182 Å². The van der Waals surface area contributed by atoms with E-state index in [0.717, 1.165) is 39.3 Å². The van der Waals surface area contributed by atoms with Crippen LogP contribution in [-0.4, -0.2) is 9.55 Å². The molecule has 0 N–H and O–H groups in total. The van der Waals surface area contributed by atoms with E-state index in [4.69, 9.17) is 4.98 Å². The summed E-state index contributed by atoms with van der Waals surface area (Å²) in [6, 6.07) is 78.4. The van der Waals surface area contributed by atoms with Gasteiger partial charge in [-0.05, 0) is 69.8 Å². The van der Waals surface area contributed by atoms with E-state index in [0.29, 0.717) is 0 Å². The topological polar surface area (TPSA) is 17.8 Å². The van der Waals surface area contributed by atoms with Gasteiger partial charge in [0.2, 0.25) is 0 Å². The summed E-state index contributed by atoms with van der Waals surface area (Å²) < 4.78 is 3.74. The van der Waals surface area contributed by atoms with Gasteiger partial charge in [0.25, 0.3) is 0 Å². The molecule has 0 radical (unpaired) electrons. The van der Waals surface area contributed by atoms with Crippen molar-refractivity contribution in [2.75, 3.05) is 0 Å². The molecule has 0 spiro atoms. The first-order valence-electron chi connectivity index (χ1n) is 19.7. The molecular weight excluding hydrogens is 721 g/mol. The van der Waals surface area contributed by atoms with Crippen molar-refractivity contribution in [1.82, 2.24) is 9.55 Å². The molecule has 0 bridgehead atoms. The molecule has 2 nitrogen and oxygen atoms in total. The van der Waals surface area contributed by atoms with Gasteiger partial charge in [-0.25, -0.2) is 4.98 Å². The Morgan fingerprint density at radius 1 is 0.345 bits per heavy atom. The Kier molecular flexibility index (Phi) is 8.38. The maximum Gasteiger partial charge on any atom is 0.0716 e. The Morgan fingerprint density at radius 2 is 0.879 bits per heavy atom. The highest BCUT2D eigenvalue weighted by Gasteiger charge is 2.22. The van der Waals surface area contributed by atoms with Gasteiger partial charge in [-0.15, -0.1) is 11.3 Å². The van der Waals surface area contributed by atoms with Crippen molar-refractivity contribution in [2.45, 2.75) is 0 Å². The van der Waals surface area contributed by atoms with Crippen LogP contribution in [0.5, 0.6) is 0 Å². The number of thiophene rings is 1. The van der Waals surface area contributed by atoms with Gasteiger partial charge in [0.05, 0.1) is 22.4 Å². The predicted molar refractivity (Wildman–Crippen MR) is 247 cm³/mol. The Labute approximate surface area is 341 Å². The Bertz CT molecular complexity index is 3240. The van der Waals surface area contributed by atoms with Crippen molar-refractivity contribution < 1.29 is 0 Å². The molecule has 3 heteroatoms. The highest BCUT2D eigenvalue weighted by atomic mass is 32.1. The Morgan fingerprint density at radius 3 is 1.57 bits per heavy atom. The monoisotopic (exact) mass is 756 g/mol. The quantitative estimate of drug-likeness (QED) is 0.158. The van der Waals surface area contributed by atoms with Crippen LogP contribution in [0.25, 0.3) is 104 Å². The third kappa shape index (κ3) is 5.92. The molecule has 11 aromatic rings. The number of pyridine rings is 1. The van der Waals surface area contributed by atoms with Crippen LogP contribution in [0.3, 0.4) is 0 Å². The van der Waals surface area contributed by atoms with Crippen molar-refractivity contribution in [3.05, 3.63) is 218 Å². The molecule has 0 unspecified atom stereocenters. The fourth-order valence-electron chi connectivity index (χ4n) is 8.46. The predicted octanol–water partition coefficient (Wildman–Crippen LogP) is 15.4. The third-order valence-electron chi connectivity index (χ3n) is 11.2. The van der Waals surface area contributed by atoms with Gasteiger partial charge in [0.15, 0.2) is 0 Å². The number of para-hydroxylation sites is 1. The first-order valence-corrected chi connectivity index (χ1v) is 20.5. The van der Waals surface area contributed by atoms with Gasteiger partial charge in [0, 0.05) is 48.1 Å². The maximum atomic E-state index is 5.32. The average Bonchev–Trinajstić information content (AvgIpc) is 3.87. The fourth-order valence-corrected chi connectivity index (χ4v) is 9.85. The van der Waals surface area contributed by atoms with Crippen molar-refractivity contribution in [1.29, 1.82) is 0 Å². The molecule has 8 aromatic carbocycles. The number of hydrogen-bond acceptors (Lipinski definition) is 2. The molecule has 3 aromatic heterocycles. The summed E-state index contributed by atoms with van der Waals surface area (Å²) in [5.41, 5.74) is 16.0. The van der Waals surface area contributed by atoms with Crippen LogP contribution in [0, 0.1) is 0 Å². The van der Waals surface area contributed by atoms with E-state index in [-0.39, 0.29) is 0 Å². The molecule has 0 aliphatic heterocycles. The minimum atomic E-state index is 0.937. The molecule has 0 amide bonds. The van der Waals surface area contributed by atoms with Crippen molar-refractivity contribution >= 4 is 43.2 Å². The first-order chi connectivity index (χ1) is 28.8. The van der Waals surface area contributed by atoms with Crippen LogP contribution < -0.4 is 0 Å². The van der Waals surface area contributed by atoms with Gasteiger partial charge in [-0.3, -0.25) is 0 Å². The van der Waals surface area contributed by atoms with E-state index >= 15 is 0 Å². The van der Waals surface area contributed by atoms with E-state index < -0.39 is 0 Å². The Balaban J connectivity index is 1.09. The summed E-state index contributed by atoms with van der Waals surface area (Å²) in [5, 5.41) is 3.82. The molecule has 0 fully saturated rings. The second-order valence-electron chi connectivity index (χ2n) is 14.7. The second-order valence-corrected chi connectivity index (χ2v) is 15.7. The second kappa shape index (κ2) is 14.3. The average molecular weight is 757 g/mol. The van der Waals surface area contributed by atoms with E-state index in [1.54, 1.807) is 0 Å². The van der Waals surface area contributed by atoms with Crippen molar-refractivity contribution in [3.63, 3.8) is 0 Å². The van der Waals surface area contributed by atoms with Crippen LogP contribution in [0.15, 0.2) is 218 Å². The summed E-state index contributed by atoms with van der Waals surface area (Å²) >= 11 is 1.90. The smallest absolute Gasteiger partial charge is 0.0716 e. The lowest BCUT2D eigenvalue weighted by molar-refractivity contribution is 1.18. The summed E-state index contributed by atoms with van der Waals surface area (Å²) in [6.07, 6.45) is 0. The first kappa shape index (κ1) is 34.0. The van der Waals surface area contributed by atoms with Crippen LogP contribution in [-0.2, 0) is 0 Å². The van der Waals surface area contributed by atoms with Crippen LogP contribution in [0.1, 0.15) is 0 Å². The Hall–Kier alpha value is -7.33. The van der Waals surface area contributed by atoms with Gasteiger partial charge < -0.3 is 4.57 Å². The molecule has 11 rings (SSSR count). The standard InChI is InChI=1S/C55H36N2S/c1-5-16-37(17-6-1)38-28-30-39(31-29-38)44-35-48(40-18-7-2-8-19-40)56-49(36-44)43-24-15-25-45(34-43)57-50-27-14-13-26-46(50)53-51(57)33-32-47-52(41-20-9-3-10-21-41)54(58-55(47)53)42-22-11-4-12-23-42/h1-36H.